The van der Waals surface area contributed by atoms with E-state index in [1.807, 2.05) is 30.3 Å². The molecule has 3 aromatic rings. The van der Waals surface area contributed by atoms with Gasteiger partial charge in [0.05, 0.1) is 25.5 Å². The Labute approximate surface area is 187 Å². The predicted octanol–water partition coefficient (Wildman–Crippen LogP) is 4.67. The number of nitrogens with zero attached hydrogens (tertiary/aromatic N) is 3. The van der Waals surface area contributed by atoms with E-state index in [0.717, 1.165) is 73.3 Å². The molecule has 0 radical (unpaired) electrons. The molecule has 0 saturated carbocycles. The standard InChI is InChI=1S/C24H28FN3O2S/c1-29-22-6-3-5-21(23(22)30-2)24-26-20(17-31-24)16-28-12-4-11-27(13-14-28)15-18-7-9-19(25)10-8-18/h3,5-10,17H,4,11-16H2,1-2H3. The fourth-order valence-electron chi connectivity index (χ4n) is 3.98. The van der Waals surface area contributed by atoms with Gasteiger partial charge in [-0.25, -0.2) is 9.37 Å². The zero-order valence-electron chi connectivity index (χ0n) is 18.0. The van der Waals surface area contributed by atoms with Crippen LogP contribution in [-0.4, -0.2) is 55.2 Å². The van der Waals surface area contributed by atoms with Gasteiger partial charge in [0.15, 0.2) is 11.5 Å². The van der Waals surface area contributed by atoms with Gasteiger partial charge in [-0.1, -0.05) is 18.2 Å². The number of hydrogen-bond acceptors (Lipinski definition) is 6. The smallest absolute Gasteiger partial charge is 0.170 e. The van der Waals surface area contributed by atoms with Crippen molar-refractivity contribution in [3.05, 3.63) is 64.9 Å². The van der Waals surface area contributed by atoms with Crippen molar-refractivity contribution in [1.82, 2.24) is 14.8 Å². The molecule has 7 heteroatoms. The second-order valence-electron chi connectivity index (χ2n) is 7.72. The van der Waals surface area contributed by atoms with Crippen molar-refractivity contribution in [3.63, 3.8) is 0 Å². The molecule has 2 heterocycles. The van der Waals surface area contributed by atoms with Crippen LogP contribution >= 0.6 is 11.3 Å². The van der Waals surface area contributed by atoms with Crippen LogP contribution in [0.3, 0.4) is 0 Å². The Bertz CT molecular complexity index is 993. The zero-order chi connectivity index (χ0) is 21.6. The van der Waals surface area contributed by atoms with Crippen molar-refractivity contribution in [2.45, 2.75) is 19.5 Å². The highest BCUT2D eigenvalue weighted by Crippen LogP contribution is 2.39. The van der Waals surface area contributed by atoms with Crippen LogP contribution in [0.4, 0.5) is 4.39 Å². The molecule has 0 amide bonds. The van der Waals surface area contributed by atoms with Crippen LogP contribution in [0.15, 0.2) is 47.8 Å². The highest BCUT2D eigenvalue weighted by Gasteiger charge is 2.18. The van der Waals surface area contributed by atoms with E-state index >= 15 is 0 Å². The Balaban J connectivity index is 1.37. The van der Waals surface area contributed by atoms with Crippen LogP contribution in [-0.2, 0) is 13.1 Å². The molecule has 1 aliphatic heterocycles. The first-order chi connectivity index (χ1) is 15.2. The summed E-state index contributed by atoms with van der Waals surface area (Å²) in [4.78, 5) is 9.79. The van der Waals surface area contributed by atoms with Gasteiger partial charge in [-0.2, -0.15) is 0 Å². The van der Waals surface area contributed by atoms with Crippen LogP contribution in [0, 0.1) is 5.82 Å². The third kappa shape index (κ3) is 5.42. The summed E-state index contributed by atoms with van der Waals surface area (Å²) < 4.78 is 24.1. The second kappa shape index (κ2) is 10.2. The molecular weight excluding hydrogens is 413 g/mol. The Kier molecular flexibility index (Phi) is 7.17. The van der Waals surface area contributed by atoms with E-state index in [1.54, 1.807) is 25.6 Å². The lowest BCUT2D eigenvalue weighted by Crippen LogP contribution is -2.30. The van der Waals surface area contributed by atoms with Crippen LogP contribution in [0.1, 0.15) is 17.7 Å². The maximum absolute atomic E-state index is 13.1. The Morgan fingerprint density at radius 3 is 2.39 bits per heavy atom. The number of aromatic nitrogens is 1. The minimum Gasteiger partial charge on any atom is -0.493 e. The average molecular weight is 442 g/mol. The number of para-hydroxylation sites is 1. The van der Waals surface area contributed by atoms with Crippen molar-refractivity contribution in [2.75, 3.05) is 40.4 Å². The predicted molar refractivity (Wildman–Crippen MR) is 122 cm³/mol. The second-order valence-corrected chi connectivity index (χ2v) is 8.58. The first kappa shape index (κ1) is 21.7. The molecule has 0 spiro atoms. The van der Waals surface area contributed by atoms with Crippen molar-refractivity contribution >= 4 is 11.3 Å². The van der Waals surface area contributed by atoms with E-state index in [-0.39, 0.29) is 5.82 Å². The number of rotatable bonds is 7. The highest BCUT2D eigenvalue weighted by atomic mass is 32.1. The first-order valence-corrected chi connectivity index (χ1v) is 11.4. The van der Waals surface area contributed by atoms with Gasteiger partial charge in [-0.3, -0.25) is 9.80 Å². The zero-order valence-corrected chi connectivity index (χ0v) is 18.8. The lowest BCUT2D eigenvalue weighted by Gasteiger charge is -2.21. The molecule has 1 aliphatic rings. The van der Waals surface area contributed by atoms with E-state index in [2.05, 4.69) is 15.2 Å². The molecule has 0 aliphatic carbocycles. The molecular formula is C24H28FN3O2S. The molecule has 1 aromatic heterocycles. The molecule has 0 N–H and O–H groups in total. The number of thiazole rings is 1. The number of methoxy groups -OCH3 is 2. The van der Waals surface area contributed by atoms with Crippen LogP contribution in [0.25, 0.3) is 10.6 Å². The van der Waals surface area contributed by atoms with Crippen molar-refractivity contribution in [3.8, 4) is 22.1 Å². The summed E-state index contributed by atoms with van der Waals surface area (Å²) in [6.45, 7) is 5.80. The monoisotopic (exact) mass is 441 g/mol. The Morgan fingerprint density at radius 2 is 1.68 bits per heavy atom. The molecule has 0 bridgehead atoms. The van der Waals surface area contributed by atoms with E-state index in [1.165, 1.54) is 12.1 Å². The quantitative estimate of drug-likeness (QED) is 0.533. The van der Waals surface area contributed by atoms with Gasteiger partial charge in [0, 0.05) is 31.6 Å². The van der Waals surface area contributed by atoms with E-state index < -0.39 is 0 Å². The van der Waals surface area contributed by atoms with Gasteiger partial charge < -0.3 is 9.47 Å². The summed E-state index contributed by atoms with van der Waals surface area (Å²) in [7, 11) is 3.30. The highest BCUT2D eigenvalue weighted by molar-refractivity contribution is 7.13. The Morgan fingerprint density at radius 1 is 0.935 bits per heavy atom. The molecule has 5 nitrogen and oxygen atoms in total. The van der Waals surface area contributed by atoms with Gasteiger partial charge in [-0.05, 0) is 49.3 Å². The fourth-order valence-corrected chi connectivity index (χ4v) is 4.81. The van der Waals surface area contributed by atoms with Gasteiger partial charge in [0.25, 0.3) is 0 Å². The lowest BCUT2D eigenvalue weighted by molar-refractivity contribution is 0.246. The van der Waals surface area contributed by atoms with E-state index in [9.17, 15) is 4.39 Å². The Hall–Kier alpha value is -2.48. The maximum atomic E-state index is 13.1. The lowest BCUT2D eigenvalue weighted by atomic mass is 10.2. The maximum Gasteiger partial charge on any atom is 0.170 e. The molecule has 4 rings (SSSR count). The van der Waals surface area contributed by atoms with E-state index in [4.69, 9.17) is 14.5 Å². The van der Waals surface area contributed by atoms with Crippen molar-refractivity contribution in [1.29, 1.82) is 0 Å². The molecule has 2 aromatic carbocycles. The van der Waals surface area contributed by atoms with Gasteiger partial charge in [-0.15, -0.1) is 11.3 Å². The average Bonchev–Trinajstić information content (AvgIpc) is 3.14. The minimum absolute atomic E-state index is 0.181. The van der Waals surface area contributed by atoms with E-state index in [0.29, 0.717) is 5.75 Å². The normalized spacial score (nSPS) is 15.6. The SMILES string of the molecule is COc1cccc(-c2nc(CN3CCCN(Cc4ccc(F)cc4)CC3)cs2)c1OC. The summed E-state index contributed by atoms with van der Waals surface area (Å²) >= 11 is 1.63. The van der Waals surface area contributed by atoms with Crippen molar-refractivity contribution < 1.29 is 13.9 Å². The molecule has 0 atom stereocenters. The number of halogens is 1. The minimum atomic E-state index is -0.181. The molecule has 1 saturated heterocycles. The third-order valence-electron chi connectivity index (χ3n) is 5.57. The number of benzene rings is 2. The number of ether oxygens (including phenoxy) is 2. The third-order valence-corrected chi connectivity index (χ3v) is 6.50. The van der Waals surface area contributed by atoms with Crippen molar-refractivity contribution in [2.24, 2.45) is 0 Å². The van der Waals surface area contributed by atoms with Gasteiger partial charge in [0.1, 0.15) is 10.8 Å². The largest absolute Gasteiger partial charge is 0.493 e. The van der Waals surface area contributed by atoms with Gasteiger partial charge >= 0.3 is 0 Å². The summed E-state index contributed by atoms with van der Waals surface area (Å²) in [6.07, 6.45) is 1.11. The topological polar surface area (TPSA) is 37.8 Å². The molecule has 31 heavy (non-hydrogen) atoms. The number of hydrogen-bond donors (Lipinski definition) is 0. The van der Waals surface area contributed by atoms with Crippen LogP contribution in [0.5, 0.6) is 11.5 Å². The first-order valence-electron chi connectivity index (χ1n) is 10.5. The fraction of sp³-hybridized carbons (Fsp3) is 0.375. The summed E-state index contributed by atoms with van der Waals surface area (Å²) in [5, 5.41) is 3.08. The summed E-state index contributed by atoms with van der Waals surface area (Å²) in [5.41, 5.74) is 3.20. The summed E-state index contributed by atoms with van der Waals surface area (Å²) in [6, 6.07) is 12.7. The molecule has 0 unspecified atom stereocenters. The van der Waals surface area contributed by atoms with Crippen LogP contribution in [0.2, 0.25) is 0 Å². The van der Waals surface area contributed by atoms with Gasteiger partial charge in [0.2, 0.25) is 0 Å². The molecule has 1 fully saturated rings. The molecule has 164 valence electrons. The van der Waals surface area contributed by atoms with Crippen LogP contribution < -0.4 is 9.47 Å². The summed E-state index contributed by atoms with van der Waals surface area (Å²) in [5.74, 6) is 1.25.